The number of amides is 1. The minimum atomic E-state index is -0.0256. The van der Waals surface area contributed by atoms with Gasteiger partial charge in [0.05, 0.1) is 0 Å². The van der Waals surface area contributed by atoms with Crippen LogP contribution in [0.4, 0.5) is 5.69 Å². The summed E-state index contributed by atoms with van der Waals surface area (Å²) in [6.07, 6.45) is 5.25. The summed E-state index contributed by atoms with van der Waals surface area (Å²) in [4.78, 5) is 11.7. The van der Waals surface area contributed by atoms with Crippen LogP contribution in [0.25, 0.3) is 0 Å². The van der Waals surface area contributed by atoms with E-state index >= 15 is 0 Å². The summed E-state index contributed by atoms with van der Waals surface area (Å²) < 4.78 is 0. The topological polar surface area (TPSA) is 41.1 Å². The number of benzene rings is 1. The van der Waals surface area contributed by atoms with Gasteiger partial charge in [-0.1, -0.05) is 26.7 Å². The summed E-state index contributed by atoms with van der Waals surface area (Å²) in [5.41, 5.74) is 3.04. The maximum Gasteiger partial charge on any atom is 0.251 e. The molecule has 0 aliphatic heterocycles. The van der Waals surface area contributed by atoms with Crippen LogP contribution in [0.5, 0.6) is 0 Å². The molecule has 1 aromatic carbocycles. The smallest absolute Gasteiger partial charge is 0.251 e. The van der Waals surface area contributed by atoms with Crippen LogP contribution >= 0.6 is 0 Å². The molecule has 116 valence electrons. The zero-order chi connectivity index (χ0) is 15.4. The van der Waals surface area contributed by atoms with E-state index in [1.165, 1.54) is 31.4 Å². The SMILES string of the molecule is CNC(=O)c1ccc(NC2CCCCC2C(C)C)c(C)c1. The lowest BCUT2D eigenvalue weighted by atomic mass is 9.77. The normalized spacial score (nSPS) is 22.1. The molecule has 2 atom stereocenters. The molecule has 0 aromatic heterocycles. The molecular formula is C18H28N2O. The quantitative estimate of drug-likeness (QED) is 0.880. The van der Waals surface area contributed by atoms with Crippen LogP contribution < -0.4 is 10.6 Å². The highest BCUT2D eigenvalue weighted by Gasteiger charge is 2.27. The molecule has 21 heavy (non-hydrogen) atoms. The molecule has 2 N–H and O–H groups in total. The van der Waals surface area contributed by atoms with E-state index in [1.54, 1.807) is 7.05 Å². The van der Waals surface area contributed by atoms with Gasteiger partial charge in [-0.05, 0) is 55.4 Å². The first-order valence-corrected chi connectivity index (χ1v) is 8.12. The third-order valence-electron chi connectivity index (χ3n) is 4.73. The van der Waals surface area contributed by atoms with Crippen molar-refractivity contribution >= 4 is 11.6 Å². The van der Waals surface area contributed by atoms with Gasteiger partial charge in [0.15, 0.2) is 0 Å². The van der Waals surface area contributed by atoms with Gasteiger partial charge in [-0.25, -0.2) is 0 Å². The molecular weight excluding hydrogens is 260 g/mol. The minimum Gasteiger partial charge on any atom is -0.382 e. The number of carbonyl (C=O) groups excluding carboxylic acids is 1. The average Bonchev–Trinajstić information content (AvgIpc) is 2.48. The Morgan fingerprint density at radius 3 is 2.57 bits per heavy atom. The van der Waals surface area contributed by atoms with Gasteiger partial charge in [-0.3, -0.25) is 4.79 Å². The van der Waals surface area contributed by atoms with Crippen LogP contribution in [-0.2, 0) is 0 Å². The van der Waals surface area contributed by atoms with Crippen LogP contribution in [0.3, 0.4) is 0 Å². The molecule has 3 heteroatoms. The first-order valence-electron chi connectivity index (χ1n) is 8.12. The largest absolute Gasteiger partial charge is 0.382 e. The lowest BCUT2D eigenvalue weighted by molar-refractivity contribution is 0.0963. The Morgan fingerprint density at radius 1 is 1.24 bits per heavy atom. The Hall–Kier alpha value is -1.51. The van der Waals surface area contributed by atoms with Crippen LogP contribution in [0.2, 0.25) is 0 Å². The summed E-state index contributed by atoms with van der Waals surface area (Å²) >= 11 is 0. The first-order chi connectivity index (χ1) is 10.0. The van der Waals surface area contributed by atoms with Crippen LogP contribution in [0.15, 0.2) is 18.2 Å². The monoisotopic (exact) mass is 288 g/mol. The van der Waals surface area contributed by atoms with Gasteiger partial charge in [0.1, 0.15) is 0 Å². The molecule has 0 spiro atoms. The summed E-state index contributed by atoms with van der Waals surface area (Å²) in [5, 5.41) is 6.40. The maximum absolute atomic E-state index is 11.7. The van der Waals surface area contributed by atoms with Gasteiger partial charge in [-0.15, -0.1) is 0 Å². The van der Waals surface area contributed by atoms with E-state index in [2.05, 4.69) is 31.4 Å². The number of nitrogens with one attached hydrogen (secondary N) is 2. The van der Waals surface area contributed by atoms with Crippen molar-refractivity contribution in [3.05, 3.63) is 29.3 Å². The van der Waals surface area contributed by atoms with Crippen molar-refractivity contribution in [1.82, 2.24) is 5.32 Å². The van der Waals surface area contributed by atoms with Gasteiger partial charge in [0.2, 0.25) is 0 Å². The van der Waals surface area contributed by atoms with Gasteiger partial charge in [0.25, 0.3) is 5.91 Å². The number of rotatable bonds is 4. The molecule has 3 nitrogen and oxygen atoms in total. The van der Waals surface area contributed by atoms with Crippen LogP contribution in [-0.4, -0.2) is 19.0 Å². The second-order valence-corrected chi connectivity index (χ2v) is 6.55. The Bertz CT molecular complexity index is 496. The molecule has 0 bridgehead atoms. The van der Waals surface area contributed by atoms with E-state index in [4.69, 9.17) is 0 Å². The summed E-state index contributed by atoms with van der Waals surface area (Å²) in [7, 11) is 1.67. The Kier molecular flexibility index (Phi) is 5.27. The number of carbonyl (C=O) groups is 1. The van der Waals surface area contributed by atoms with Crippen molar-refractivity contribution in [3.8, 4) is 0 Å². The van der Waals surface area contributed by atoms with E-state index in [1.807, 2.05) is 18.2 Å². The van der Waals surface area contributed by atoms with Crippen LogP contribution in [0.1, 0.15) is 55.5 Å². The maximum atomic E-state index is 11.7. The Morgan fingerprint density at radius 2 is 1.95 bits per heavy atom. The Balaban J connectivity index is 2.13. The van der Waals surface area contributed by atoms with Gasteiger partial charge >= 0.3 is 0 Å². The van der Waals surface area contributed by atoms with E-state index in [9.17, 15) is 4.79 Å². The standard InChI is InChI=1S/C18H28N2O/c1-12(2)15-7-5-6-8-17(15)20-16-10-9-14(11-13(16)3)18(21)19-4/h9-12,15,17,20H,5-8H2,1-4H3,(H,19,21). The minimum absolute atomic E-state index is 0.0256. The summed E-state index contributed by atoms with van der Waals surface area (Å²) in [6, 6.07) is 6.48. The lowest BCUT2D eigenvalue weighted by Crippen LogP contribution is -2.35. The van der Waals surface area contributed by atoms with E-state index < -0.39 is 0 Å². The predicted octanol–water partition coefficient (Wildman–Crippen LogP) is 3.98. The van der Waals surface area contributed by atoms with Crippen LogP contribution in [0, 0.1) is 18.8 Å². The fraction of sp³-hybridized carbons (Fsp3) is 0.611. The second-order valence-electron chi connectivity index (χ2n) is 6.55. The van der Waals surface area contributed by atoms with Crippen molar-refractivity contribution in [2.24, 2.45) is 11.8 Å². The zero-order valence-electron chi connectivity index (χ0n) is 13.7. The fourth-order valence-electron chi connectivity index (χ4n) is 3.45. The van der Waals surface area contributed by atoms with E-state index in [0.29, 0.717) is 12.0 Å². The van der Waals surface area contributed by atoms with Crippen molar-refractivity contribution < 1.29 is 4.79 Å². The lowest BCUT2D eigenvalue weighted by Gasteiger charge is -2.36. The molecule has 1 amide bonds. The third kappa shape index (κ3) is 3.78. The molecule has 2 unspecified atom stereocenters. The van der Waals surface area contributed by atoms with Crippen molar-refractivity contribution in [1.29, 1.82) is 0 Å². The molecule has 2 rings (SSSR count). The fourth-order valence-corrected chi connectivity index (χ4v) is 3.45. The predicted molar refractivity (Wildman–Crippen MR) is 88.8 cm³/mol. The molecule has 1 aliphatic carbocycles. The second kappa shape index (κ2) is 6.97. The van der Waals surface area contributed by atoms with Crippen molar-refractivity contribution in [3.63, 3.8) is 0 Å². The van der Waals surface area contributed by atoms with Crippen molar-refractivity contribution in [2.45, 2.75) is 52.5 Å². The highest BCUT2D eigenvalue weighted by molar-refractivity contribution is 5.94. The number of aryl methyl sites for hydroxylation is 1. The van der Waals surface area contributed by atoms with Gasteiger partial charge in [0, 0.05) is 24.3 Å². The van der Waals surface area contributed by atoms with Gasteiger partial charge < -0.3 is 10.6 Å². The highest BCUT2D eigenvalue weighted by Crippen LogP contribution is 2.33. The first kappa shape index (κ1) is 15.9. The average molecular weight is 288 g/mol. The summed E-state index contributed by atoms with van der Waals surface area (Å²) in [6.45, 7) is 6.72. The number of hydrogen-bond acceptors (Lipinski definition) is 2. The highest BCUT2D eigenvalue weighted by atomic mass is 16.1. The number of hydrogen-bond donors (Lipinski definition) is 2. The van der Waals surface area contributed by atoms with E-state index in [0.717, 1.165) is 17.0 Å². The third-order valence-corrected chi connectivity index (χ3v) is 4.73. The van der Waals surface area contributed by atoms with Gasteiger partial charge in [-0.2, -0.15) is 0 Å². The molecule has 1 aliphatic rings. The summed E-state index contributed by atoms with van der Waals surface area (Å²) in [5.74, 6) is 1.44. The number of anilines is 1. The van der Waals surface area contributed by atoms with E-state index in [-0.39, 0.29) is 5.91 Å². The Labute approximate surface area is 128 Å². The molecule has 0 saturated heterocycles. The molecule has 1 saturated carbocycles. The zero-order valence-corrected chi connectivity index (χ0v) is 13.7. The molecule has 0 heterocycles. The molecule has 1 aromatic rings. The molecule has 1 fully saturated rings. The molecule has 0 radical (unpaired) electrons. The van der Waals surface area contributed by atoms with Crippen molar-refractivity contribution in [2.75, 3.05) is 12.4 Å².